The van der Waals surface area contributed by atoms with Crippen molar-refractivity contribution in [2.24, 2.45) is 0 Å². The average Bonchev–Trinajstić information content (AvgIpc) is 2.39. The van der Waals surface area contributed by atoms with Crippen molar-refractivity contribution >= 4 is 5.91 Å². The van der Waals surface area contributed by atoms with Crippen LogP contribution in [0, 0.1) is 0 Å². The van der Waals surface area contributed by atoms with E-state index in [-0.39, 0.29) is 17.7 Å². The number of carbonyl (C=O) groups excluding carboxylic acids is 1. The van der Waals surface area contributed by atoms with Crippen LogP contribution < -0.4 is 10.6 Å². The molecule has 0 saturated heterocycles. The van der Waals surface area contributed by atoms with Crippen LogP contribution in [0.1, 0.15) is 24.9 Å². The Morgan fingerprint density at radius 1 is 1.42 bits per heavy atom. The molecule has 0 aliphatic heterocycles. The molecule has 0 radical (unpaired) electrons. The van der Waals surface area contributed by atoms with E-state index in [0.717, 1.165) is 5.56 Å². The Morgan fingerprint density at radius 3 is 2.89 bits per heavy atom. The van der Waals surface area contributed by atoms with E-state index in [1.54, 1.807) is 25.3 Å². The summed E-state index contributed by atoms with van der Waals surface area (Å²) >= 11 is 0. The first-order valence-electron chi connectivity index (χ1n) is 6.41. The normalized spacial score (nSPS) is 12.1. The van der Waals surface area contributed by atoms with E-state index in [2.05, 4.69) is 10.6 Å². The van der Waals surface area contributed by atoms with E-state index in [4.69, 9.17) is 4.74 Å². The minimum absolute atomic E-state index is 0.00709. The highest BCUT2D eigenvalue weighted by Gasteiger charge is 2.06. The molecule has 0 heterocycles. The highest BCUT2D eigenvalue weighted by molar-refractivity contribution is 5.76. The molecule has 0 aliphatic rings. The lowest BCUT2D eigenvalue weighted by Gasteiger charge is -2.14. The molecule has 1 aromatic carbocycles. The summed E-state index contributed by atoms with van der Waals surface area (Å²) in [6.07, 6.45) is 0.423. The third-order valence-corrected chi connectivity index (χ3v) is 2.80. The minimum Gasteiger partial charge on any atom is -0.508 e. The molecule has 106 valence electrons. The molecule has 5 nitrogen and oxygen atoms in total. The van der Waals surface area contributed by atoms with Gasteiger partial charge in [-0.25, -0.2) is 0 Å². The smallest absolute Gasteiger partial charge is 0.221 e. The molecule has 1 unspecified atom stereocenters. The largest absolute Gasteiger partial charge is 0.508 e. The summed E-state index contributed by atoms with van der Waals surface area (Å²) in [7, 11) is 1.60. The van der Waals surface area contributed by atoms with Gasteiger partial charge in [-0.2, -0.15) is 0 Å². The summed E-state index contributed by atoms with van der Waals surface area (Å²) < 4.78 is 4.85. The molecule has 1 amide bonds. The number of nitrogens with one attached hydrogen (secondary N) is 2. The van der Waals surface area contributed by atoms with Gasteiger partial charge in [0.05, 0.1) is 6.61 Å². The second-order valence-electron chi connectivity index (χ2n) is 4.36. The van der Waals surface area contributed by atoms with E-state index < -0.39 is 0 Å². The Morgan fingerprint density at radius 2 is 2.21 bits per heavy atom. The van der Waals surface area contributed by atoms with Crippen molar-refractivity contribution in [1.29, 1.82) is 0 Å². The Bertz CT molecular complexity index is 396. The third kappa shape index (κ3) is 6.22. The number of hydrogen-bond donors (Lipinski definition) is 3. The van der Waals surface area contributed by atoms with Crippen LogP contribution in [0.25, 0.3) is 0 Å². The maximum absolute atomic E-state index is 11.4. The Labute approximate surface area is 114 Å². The second kappa shape index (κ2) is 8.50. The van der Waals surface area contributed by atoms with Crippen molar-refractivity contribution in [1.82, 2.24) is 10.6 Å². The van der Waals surface area contributed by atoms with Crippen molar-refractivity contribution in [3.63, 3.8) is 0 Å². The summed E-state index contributed by atoms with van der Waals surface area (Å²) in [5.41, 5.74) is 1.000. The quantitative estimate of drug-likeness (QED) is 0.618. The van der Waals surface area contributed by atoms with Gasteiger partial charge in [-0.3, -0.25) is 4.79 Å². The molecule has 3 N–H and O–H groups in total. The van der Waals surface area contributed by atoms with E-state index in [9.17, 15) is 9.90 Å². The summed E-state index contributed by atoms with van der Waals surface area (Å²) in [5.74, 6) is 0.260. The molecule has 0 aromatic heterocycles. The van der Waals surface area contributed by atoms with Gasteiger partial charge < -0.3 is 20.5 Å². The zero-order chi connectivity index (χ0) is 14.1. The number of methoxy groups -OCH3 is 1. The topological polar surface area (TPSA) is 70.6 Å². The number of carbonyl (C=O) groups is 1. The predicted molar refractivity (Wildman–Crippen MR) is 74.0 cm³/mol. The van der Waals surface area contributed by atoms with Crippen LogP contribution in [0.5, 0.6) is 5.75 Å². The van der Waals surface area contributed by atoms with Crippen molar-refractivity contribution in [2.45, 2.75) is 19.4 Å². The highest BCUT2D eigenvalue weighted by atomic mass is 16.5. The highest BCUT2D eigenvalue weighted by Crippen LogP contribution is 2.17. The second-order valence-corrected chi connectivity index (χ2v) is 4.36. The summed E-state index contributed by atoms with van der Waals surface area (Å²) in [6, 6.07) is 7.20. The first kappa shape index (κ1) is 15.5. The first-order chi connectivity index (χ1) is 9.13. The molecule has 0 aliphatic carbocycles. The number of hydrogen-bond acceptors (Lipinski definition) is 4. The van der Waals surface area contributed by atoms with Crippen molar-refractivity contribution in [3.05, 3.63) is 29.8 Å². The number of amides is 1. The lowest BCUT2D eigenvalue weighted by atomic mass is 10.1. The fourth-order valence-corrected chi connectivity index (χ4v) is 1.70. The molecule has 19 heavy (non-hydrogen) atoms. The molecule has 0 saturated carbocycles. The average molecular weight is 266 g/mol. The van der Waals surface area contributed by atoms with Gasteiger partial charge in [0.2, 0.25) is 5.91 Å². The van der Waals surface area contributed by atoms with Crippen molar-refractivity contribution in [3.8, 4) is 5.75 Å². The van der Waals surface area contributed by atoms with Crippen LogP contribution in [0.4, 0.5) is 0 Å². The number of aromatic hydroxyl groups is 1. The Balaban J connectivity index is 2.23. The van der Waals surface area contributed by atoms with Crippen LogP contribution in [0.15, 0.2) is 24.3 Å². The van der Waals surface area contributed by atoms with Gasteiger partial charge in [-0.15, -0.1) is 0 Å². The van der Waals surface area contributed by atoms with Crippen LogP contribution in [-0.2, 0) is 9.53 Å². The number of phenols is 1. The molecule has 0 bridgehead atoms. The number of rotatable bonds is 8. The van der Waals surface area contributed by atoms with Crippen LogP contribution in [-0.4, -0.2) is 37.8 Å². The van der Waals surface area contributed by atoms with E-state index in [0.29, 0.717) is 26.1 Å². The summed E-state index contributed by atoms with van der Waals surface area (Å²) in [6.45, 7) is 3.66. The Kier molecular flexibility index (Phi) is 6.92. The number of phenolic OH excluding ortho intramolecular Hbond substituents is 1. The maximum Gasteiger partial charge on any atom is 0.221 e. The lowest BCUT2D eigenvalue weighted by Crippen LogP contribution is -2.30. The van der Waals surface area contributed by atoms with Gasteiger partial charge in [0.25, 0.3) is 0 Å². The third-order valence-electron chi connectivity index (χ3n) is 2.80. The molecular formula is C14H22N2O3. The van der Waals surface area contributed by atoms with Gasteiger partial charge in [0, 0.05) is 32.7 Å². The molecule has 1 aromatic rings. The molecular weight excluding hydrogens is 244 g/mol. The van der Waals surface area contributed by atoms with Crippen molar-refractivity contribution < 1.29 is 14.6 Å². The number of benzene rings is 1. The zero-order valence-electron chi connectivity index (χ0n) is 11.5. The zero-order valence-corrected chi connectivity index (χ0v) is 11.5. The fraction of sp³-hybridized carbons (Fsp3) is 0.500. The maximum atomic E-state index is 11.4. The predicted octanol–water partition coefficient (Wildman–Crippen LogP) is 1.20. The standard InChI is InChI=1S/C14H22N2O3/c1-11(12-4-3-5-13(17)10-12)15-7-6-14(18)16-8-9-19-2/h3-5,10-11,15,17H,6-9H2,1-2H3,(H,16,18). The van der Waals surface area contributed by atoms with Crippen LogP contribution in [0.2, 0.25) is 0 Å². The van der Waals surface area contributed by atoms with Gasteiger partial charge in [-0.1, -0.05) is 12.1 Å². The molecule has 0 fully saturated rings. The molecule has 1 rings (SSSR count). The van der Waals surface area contributed by atoms with E-state index in [1.807, 2.05) is 13.0 Å². The van der Waals surface area contributed by atoms with E-state index in [1.165, 1.54) is 0 Å². The SMILES string of the molecule is COCCNC(=O)CCNC(C)c1cccc(O)c1. The van der Waals surface area contributed by atoms with Crippen molar-refractivity contribution in [2.75, 3.05) is 26.8 Å². The summed E-state index contributed by atoms with van der Waals surface area (Å²) in [5, 5.41) is 15.4. The van der Waals surface area contributed by atoms with Gasteiger partial charge in [0.15, 0.2) is 0 Å². The molecule has 0 spiro atoms. The van der Waals surface area contributed by atoms with Crippen LogP contribution in [0.3, 0.4) is 0 Å². The number of ether oxygens (including phenoxy) is 1. The van der Waals surface area contributed by atoms with E-state index >= 15 is 0 Å². The fourth-order valence-electron chi connectivity index (χ4n) is 1.70. The van der Waals surface area contributed by atoms with Gasteiger partial charge in [-0.05, 0) is 24.6 Å². The van der Waals surface area contributed by atoms with Crippen LogP contribution >= 0.6 is 0 Å². The first-order valence-corrected chi connectivity index (χ1v) is 6.41. The van der Waals surface area contributed by atoms with Gasteiger partial charge in [0.1, 0.15) is 5.75 Å². The monoisotopic (exact) mass is 266 g/mol. The molecule has 5 heteroatoms. The lowest BCUT2D eigenvalue weighted by molar-refractivity contribution is -0.121. The molecule has 1 atom stereocenters. The minimum atomic E-state index is 0.00709. The Hall–Kier alpha value is -1.59. The van der Waals surface area contributed by atoms with Gasteiger partial charge >= 0.3 is 0 Å². The summed E-state index contributed by atoms with van der Waals surface area (Å²) in [4.78, 5) is 11.4.